The number of nitrogens with one attached hydrogen (secondary N) is 3. The number of hydrogen-bond donors (Lipinski definition) is 3. The Morgan fingerprint density at radius 3 is 2.79 bits per heavy atom. The third kappa shape index (κ3) is 6.95. The van der Waals surface area contributed by atoms with Crippen LogP contribution in [0.15, 0.2) is 29.4 Å². The fourth-order valence-electron chi connectivity index (χ4n) is 3.81. The fourth-order valence-corrected chi connectivity index (χ4v) is 3.81. The van der Waals surface area contributed by atoms with Crippen molar-refractivity contribution in [2.24, 2.45) is 4.99 Å². The Labute approximate surface area is 186 Å². The minimum atomic E-state index is 0. The Kier molecular flexibility index (Phi) is 10.1. The number of aromatic nitrogens is 1. The molecule has 2 aromatic rings. The van der Waals surface area contributed by atoms with Crippen molar-refractivity contribution >= 4 is 40.8 Å². The summed E-state index contributed by atoms with van der Waals surface area (Å²) in [6, 6.07) is 6.61. The van der Waals surface area contributed by atoms with Gasteiger partial charge in [0.15, 0.2) is 5.96 Å². The highest BCUT2D eigenvalue weighted by Crippen LogP contribution is 2.19. The topological polar surface area (TPSA) is 55.5 Å². The summed E-state index contributed by atoms with van der Waals surface area (Å²) >= 11 is 0. The smallest absolute Gasteiger partial charge is 0.191 e. The van der Waals surface area contributed by atoms with Crippen molar-refractivity contribution in [2.75, 3.05) is 39.3 Å². The maximum Gasteiger partial charge on any atom is 0.191 e. The van der Waals surface area contributed by atoms with Crippen LogP contribution in [0.3, 0.4) is 0 Å². The molecule has 5 nitrogen and oxygen atoms in total. The standard InChI is InChI=1S/C22H35N5.HI/c1-3-23-22(24-11-4-5-13-27-14-6-7-15-27)25-12-10-19-17-26-21-16-18(2)8-9-20(19)21;/h8-9,16-17,26H,3-7,10-15H2,1-2H3,(H2,23,24,25);1H. The minimum Gasteiger partial charge on any atom is -0.361 e. The van der Waals surface area contributed by atoms with E-state index in [9.17, 15) is 0 Å². The lowest BCUT2D eigenvalue weighted by molar-refractivity contribution is 0.331. The van der Waals surface area contributed by atoms with E-state index in [1.807, 2.05) is 0 Å². The Balaban J connectivity index is 0.00000280. The van der Waals surface area contributed by atoms with E-state index < -0.39 is 0 Å². The second-order valence-corrected chi connectivity index (χ2v) is 7.56. The van der Waals surface area contributed by atoms with Gasteiger partial charge < -0.3 is 20.5 Å². The monoisotopic (exact) mass is 497 g/mol. The summed E-state index contributed by atoms with van der Waals surface area (Å²) < 4.78 is 0. The van der Waals surface area contributed by atoms with Gasteiger partial charge in [0.25, 0.3) is 0 Å². The number of nitrogens with zero attached hydrogens (tertiary/aromatic N) is 2. The molecule has 0 unspecified atom stereocenters. The molecule has 3 rings (SSSR count). The van der Waals surface area contributed by atoms with Gasteiger partial charge in [0.2, 0.25) is 0 Å². The van der Waals surface area contributed by atoms with Crippen LogP contribution in [0.4, 0.5) is 0 Å². The molecule has 2 heterocycles. The number of hydrogen-bond acceptors (Lipinski definition) is 2. The first-order valence-corrected chi connectivity index (χ1v) is 10.6. The summed E-state index contributed by atoms with van der Waals surface area (Å²) in [6.45, 7) is 10.8. The molecule has 0 spiro atoms. The van der Waals surface area contributed by atoms with E-state index in [4.69, 9.17) is 4.99 Å². The maximum absolute atomic E-state index is 4.74. The van der Waals surface area contributed by atoms with Crippen LogP contribution in [-0.4, -0.2) is 55.1 Å². The molecule has 0 atom stereocenters. The Hall–Kier alpha value is -1.28. The van der Waals surface area contributed by atoms with Crippen LogP contribution in [0.25, 0.3) is 10.9 Å². The molecule has 1 saturated heterocycles. The van der Waals surface area contributed by atoms with Gasteiger partial charge >= 0.3 is 0 Å². The van der Waals surface area contributed by atoms with Crippen LogP contribution < -0.4 is 10.6 Å². The lowest BCUT2D eigenvalue weighted by atomic mass is 10.1. The van der Waals surface area contributed by atoms with Gasteiger partial charge in [-0.15, -0.1) is 24.0 Å². The van der Waals surface area contributed by atoms with Gasteiger partial charge in [0.05, 0.1) is 0 Å². The number of rotatable bonds is 9. The van der Waals surface area contributed by atoms with Gasteiger partial charge in [-0.3, -0.25) is 4.99 Å². The van der Waals surface area contributed by atoms with Crippen molar-refractivity contribution in [3.8, 4) is 0 Å². The quantitative estimate of drug-likeness (QED) is 0.212. The summed E-state index contributed by atoms with van der Waals surface area (Å²) in [7, 11) is 0. The predicted molar refractivity (Wildman–Crippen MR) is 131 cm³/mol. The summed E-state index contributed by atoms with van der Waals surface area (Å²) in [6.07, 6.45) is 8.29. The van der Waals surface area contributed by atoms with Crippen molar-refractivity contribution in [3.63, 3.8) is 0 Å². The molecule has 1 aliphatic heterocycles. The number of aryl methyl sites for hydroxylation is 1. The SMILES string of the molecule is CCNC(=NCCCCN1CCCC1)NCCc1c[nH]c2cc(C)ccc12.I. The second kappa shape index (κ2) is 12.3. The predicted octanol–water partition coefficient (Wildman–Crippen LogP) is 4.07. The van der Waals surface area contributed by atoms with Gasteiger partial charge in [-0.2, -0.15) is 0 Å². The number of benzene rings is 1. The first-order chi connectivity index (χ1) is 13.3. The molecule has 1 aromatic carbocycles. The van der Waals surface area contributed by atoms with Gasteiger partial charge in [0.1, 0.15) is 0 Å². The number of likely N-dealkylation sites (tertiary alicyclic amines) is 1. The molecule has 0 saturated carbocycles. The number of H-pyrrole nitrogens is 1. The third-order valence-electron chi connectivity index (χ3n) is 5.30. The van der Waals surface area contributed by atoms with Gasteiger partial charge in [-0.1, -0.05) is 12.1 Å². The first kappa shape index (κ1) is 23.0. The highest BCUT2D eigenvalue weighted by Gasteiger charge is 2.10. The first-order valence-electron chi connectivity index (χ1n) is 10.6. The Morgan fingerprint density at radius 1 is 1.18 bits per heavy atom. The molecule has 6 heteroatoms. The maximum atomic E-state index is 4.74. The number of aromatic amines is 1. The molecule has 1 aromatic heterocycles. The van der Waals surface area contributed by atoms with Crippen LogP contribution in [0, 0.1) is 6.92 Å². The zero-order valence-corrected chi connectivity index (χ0v) is 19.7. The molecule has 1 fully saturated rings. The number of unbranched alkanes of at least 4 members (excludes halogenated alkanes) is 1. The molecule has 0 radical (unpaired) electrons. The average Bonchev–Trinajstić information content (AvgIpc) is 3.31. The lowest BCUT2D eigenvalue weighted by Crippen LogP contribution is -2.38. The van der Waals surface area contributed by atoms with E-state index in [0.717, 1.165) is 38.4 Å². The van der Waals surface area contributed by atoms with Crippen molar-refractivity contribution in [3.05, 3.63) is 35.5 Å². The van der Waals surface area contributed by atoms with Crippen LogP contribution >= 0.6 is 24.0 Å². The second-order valence-electron chi connectivity index (χ2n) is 7.56. The summed E-state index contributed by atoms with van der Waals surface area (Å²) in [5.74, 6) is 0.939. The van der Waals surface area contributed by atoms with E-state index >= 15 is 0 Å². The Bertz CT molecular complexity index is 734. The van der Waals surface area contributed by atoms with Crippen LogP contribution in [-0.2, 0) is 6.42 Å². The number of halogens is 1. The summed E-state index contributed by atoms with van der Waals surface area (Å²) in [5, 5.41) is 8.17. The lowest BCUT2D eigenvalue weighted by Gasteiger charge is -2.14. The molecule has 0 bridgehead atoms. The van der Waals surface area contributed by atoms with E-state index in [1.165, 1.54) is 60.9 Å². The molecule has 1 aliphatic rings. The highest BCUT2D eigenvalue weighted by molar-refractivity contribution is 14.0. The van der Waals surface area contributed by atoms with E-state index in [-0.39, 0.29) is 24.0 Å². The minimum absolute atomic E-state index is 0. The van der Waals surface area contributed by atoms with Crippen LogP contribution in [0.2, 0.25) is 0 Å². The zero-order chi connectivity index (χ0) is 18.9. The summed E-state index contributed by atoms with van der Waals surface area (Å²) in [5.41, 5.74) is 3.88. The van der Waals surface area contributed by atoms with Gasteiger partial charge in [-0.05, 0) is 82.8 Å². The molecular formula is C22H36IN5. The summed E-state index contributed by atoms with van der Waals surface area (Å²) in [4.78, 5) is 10.7. The molecular weight excluding hydrogens is 461 g/mol. The van der Waals surface area contributed by atoms with Crippen molar-refractivity contribution in [2.45, 2.75) is 46.0 Å². The highest BCUT2D eigenvalue weighted by atomic mass is 127. The van der Waals surface area contributed by atoms with Crippen LogP contribution in [0.5, 0.6) is 0 Å². The molecule has 0 amide bonds. The molecule has 28 heavy (non-hydrogen) atoms. The molecule has 156 valence electrons. The van der Waals surface area contributed by atoms with Crippen LogP contribution in [0.1, 0.15) is 43.7 Å². The fraction of sp³-hybridized carbons (Fsp3) is 0.591. The number of aliphatic imine (C=N–C) groups is 1. The normalized spacial score (nSPS) is 15.0. The third-order valence-corrected chi connectivity index (χ3v) is 5.30. The van der Waals surface area contributed by atoms with Crippen molar-refractivity contribution in [1.29, 1.82) is 0 Å². The number of guanidine groups is 1. The number of fused-ring (bicyclic) bond motifs is 1. The largest absolute Gasteiger partial charge is 0.361 e. The van der Waals surface area contributed by atoms with E-state index in [2.05, 4.69) is 58.8 Å². The zero-order valence-electron chi connectivity index (χ0n) is 17.4. The van der Waals surface area contributed by atoms with Crippen molar-refractivity contribution < 1.29 is 0 Å². The van der Waals surface area contributed by atoms with Gasteiger partial charge in [0, 0.05) is 36.7 Å². The van der Waals surface area contributed by atoms with E-state index in [0.29, 0.717) is 0 Å². The Morgan fingerprint density at radius 2 is 2.00 bits per heavy atom. The average molecular weight is 497 g/mol. The van der Waals surface area contributed by atoms with Gasteiger partial charge in [-0.25, -0.2) is 0 Å². The van der Waals surface area contributed by atoms with E-state index in [1.54, 1.807) is 0 Å². The molecule has 0 aliphatic carbocycles. The molecule has 3 N–H and O–H groups in total. The van der Waals surface area contributed by atoms with Crippen molar-refractivity contribution in [1.82, 2.24) is 20.5 Å².